The lowest BCUT2D eigenvalue weighted by Crippen LogP contribution is -2.63. The summed E-state index contributed by atoms with van der Waals surface area (Å²) in [5.74, 6) is -7.77. The number of alkyl halides is 5. The van der Waals surface area contributed by atoms with Crippen LogP contribution in [0.15, 0.2) is 29.8 Å². The molecule has 0 unspecified atom stereocenters. The van der Waals surface area contributed by atoms with Gasteiger partial charge < -0.3 is 38.8 Å². The van der Waals surface area contributed by atoms with Crippen molar-refractivity contribution in [2.45, 2.75) is 128 Å². The van der Waals surface area contributed by atoms with Gasteiger partial charge in [0.15, 0.2) is 5.67 Å². The fourth-order valence-corrected chi connectivity index (χ4v) is 12.4. The van der Waals surface area contributed by atoms with Gasteiger partial charge in [-0.1, -0.05) is 39.3 Å². The maximum absolute atomic E-state index is 16.5. The smallest absolute Gasteiger partial charge is 0.324 e. The van der Waals surface area contributed by atoms with Gasteiger partial charge >= 0.3 is 5.97 Å². The van der Waals surface area contributed by atoms with Gasteiger partial charge in [-0.15, -0.1) is 11.3 Å². The summed E-state index contributed by atoms with van der Waals surface area (Å²) in [4.78, 5) is 83.7. The predicted molar refractivity (Wildman–Crippen MR) is 277 cm³/mol. The number of pyridine rings is 1. The van der Waals surface area contributed by atoms with Gasteiger partial charge in [-0.3, -0.25) is 34.0 Å². The number of likely N-dealkylation sites (tertiary alicyclic amines) is 1. The molecule has 412 valence electrons. The Kier molecular flexibility index (Phi) is 15.9. The van der Waals surface area contributed by atoms with E-state index in [1.165, 1.54) is 23.4 Å². The first-order valence-electron chi connectivity index (χ1n) is 25.9. The molecule has 0 aliphatic carbocycles. The van der Waals surface area contributed by atoms with Gasteiger partial charge in [0.05, 0.1) is 72.0 Å². The number of piperidine rings is 1. The number of fused-ring (bicyclic) bond motifs is 6. The van der Waals surface area contributed by atoms with Crippen molar-refractivity contribution in [3.8, 4) is 22.5 Å². The third-order valence-electron chi connectivity index (χ3n) is 15.4. The van der Waals surface area contributed by atoms with E-state index in [1.54, 1.807) is 43.2 Å². The molecule has 1 aromatic carbocycles. The van der Waals surface area contributed by atoms with Crippen LogP contribution < -0.4 is 15.6 Å². The van der Waals surface area contributed by atoms with Crippen LogP contribution in [0.4, 0.5) is 23.2 Å². The van der Waals surface area contributed by atoms with Crippen LogP contribution in [0.3, 0.4) is 0 Å². The summed E-state index contributed by atoms with van der Waals surface area (Å²) in [6.45, 7) is 10.4. The zero-order valence-electron chi connectivity index (χ0n) is 43.9. The number of halogens is 5. The van der Waals surface area contributed by atoms with E-state index in [9.17, 15) is 28.4 Å². The molecular formula is C53H66ClF4N9O8S. The van der Waals surface area contributed by atoms with Crippen molar-refractivity contribution in [1.82, 2.24) is 40.1 Å². The van der Waals surface area contributed by atoms with Crippen LogP contribution in [0.5, 0.6) is 0 Å². The number of aromatic nitrogens is 3. The summed E-state index contributed by atoms with van der Waals surface area (Å²) in [7, 11) is 2.88. The minimum atomic E-state index is -3.16. The number of hydrogen-bond donors (Lipinski definition) is 2. The number of nitrogens with one attached hydrogen (secondary N) is 2. The number of thiazole rings is 1. The van der Waals surface area contributed by atoms with Gasteiger partial charge in [0.2, 0.25) is 5.91 Å². The molecule has 17 nitrogen and oxygen atoms in total. The molecule has 3 aromatic heterocycles. The Bertz CT molecular complexity index is 2890. The maximum Gasteiger partial charge on any atom is 0.324 e. The Labute approximate surface area is 447 Å². The summed E-state index contributed by atoms with van der Waals surface area (Å²) < 4.78 is 82.3. The third kappa shape index (κ3) is 11.2. The number of carbonyl (C=O) groups excluding carboxylic acids is 5. The summed E-state index contributed by atoms with van der Waals surface area (Å²) in [5.41, 5.74) is 2.90. The molecule has 0 radical (unpaired) electrons. The number of morpholine rings is 1. The highest BCUT2D eigenvalue weighted by molar-refractivity contribution is 7.10. The van der Waals surface area contributed by atoms with Gasteiger partial charge in [-0.25, -0.2) is 28.0 Å². The zero-order valence-corrected chi connectivity index (χ0v) is 45.4. The fraction of sp³-hybridized carbons (Fsp3) is 0.604. The lowest BCUT2D eigenvalue weighted by Gasteiger charge is -2.40. The molecule has 4 amide bonds. The van der Waals surface area contributed by atoms with Crippen molar-refractivity contribution in [2.24, 2.45) is 11.3 Å². The van der Waals surface area contributed by atoms with E-state index in [0.717, 1.165) is 26.4 Å². The number of anilines is 1. The van der Waals surface area contributed by atoms with E-state index in [1.807, 2.05) is 32.9 Å². The van der Waals surface area contributed by atoms with Gasteiger partial charge in [-0.05, 0) is 61.4 Å². The number of hydrazine groups is 1. The SMILES string of the molecule is CO[C@@H](C)c1ncc(N2CCOCC2)cc1-c1c2c3cc(cc4c3n1CC(F)(F)C4)-c1csc(n1)C[C@H](NC(=O)[C@H](C(C)C)N(C)C(=O)C1(F)CCN(C(=O)[C@H](F)Cl)CC1)C(=O)N1CCC[C@H](N1)C(=O)OCC(C)(C)C2. The molecular weight excluding hydrogens is 1030 g/mol. The van der Waals surface area contributed by atoms with E-state index < -0.39 is 108 Å². The average Bonchev–Trinajstić information content (AvgIpc) is 3.99. The van der Waals surface area contributed by atoms with Crippen LogP contribution in [-0.4, -0.2) is 161 Å². The number of benzene rings is 1. The summed E-state index contributed by atoms with van der Waals surface area (Å²) in [5, 5.41) is 7.04. The molecule has 23 heteroatoms. The quantitative estimate of drug-likeness (QED) is 0.0994. The van der Waals surface area contributed by atoms with Crippen LogP contribution in [0.2, 0.25) is 0 Å². The molecule has 8 heterocycles. The molecule has 5 aliphatic heterocycles. The van der Waals surface area contributed by atoms with E-state index in [2.05, 4.69) is 15.6 Å². The average molecular weight is 1100 g/mol. The minimum Gasteiger partial charge on any atom is -0.464 e. The summed E-state index contributed by atoms with van der Waals surface area (Å²) in [6, 6.07) is 2.14. The highest BCUT2D eigenvalue weighted by Crippen LogP contribution is 2.48. The largest absolute Gasteiger partial charge is 0.464 e. The van der Waals surface area contributed by atoms with Crippen molar-refractivity contribution in [2.75, 3.05) is 71.6 Å². The maximum atomic E-state index is 16.5. The topological polar surface area (TPSA) is 181 Å². The Morgan fingerprint density at radius 3 is 2.43 bits per heavy atom. The molecule has 3 fully saturated rings. The number of ether oxygens (including phenoxy) is 3. The van der Waals surface area contributed by atoms with Crippen molar-refractivity contribution < 1.29 is 55.7 Å². The number of esters is 1. The van der Waals surface area contributed by atoms with Crippen LogP contribution in [0.25, 0.3) is 33.4 Å². The normalized spacial score (nSPS) is 22.9. The molecule has 5 aliphatic rings. The molecule has 3 saturated heterocycles. The van der Waals surface area contributed by atoms with Gasteiger partial charge in [-0.2, -0.15) is 0 Å². The lowest BCUT2D eigenvalue weighted by atomic mass is 9.84. The van der Waals surface area contributed by atoms with Crippen molar-refractivity contribution in [3.05, 3.63) is 51.6 Å². The molecule has 4 aromatic rings. The first-order valence-corrected chi connectivity index (χ1v) is 27.2. The van der Waals surface area contributed by atoms with Gasteiger partial charge in [0.1, 0.15) is 18.1 Å². The lowest BCUT2D eigenvalue weighted by molar-refractivity contribution is -0.156. The molecule has 5 atom stereocenters. The van der Waals surface area contributed by atoms with Crippen LogP contribution in [0.1, 0.15) is 88.2 Å². The number of rotatable bonds is 10. The second-order valence-electron chi connectivity index (χ2n) is 21.9. The molecule has 0 saturated carbocycles. The Hall–Kier alpha value is -5.42. The van der Waals surface area contributed by atoms with Crippen LogP contribution in [-0.2, 0) is 64.0 Å². The molecule has 2 N–H and O–H groups in total. The van der Waals surface area contributed by atoms with Gasteiger partial charge in [0.25, 0.3) is 29.3 Å². The van der Waals surface area contributed by atoms with Gasteiger partial charge in [0, 0.05) is 99.9 Å². The third-order valence-corrected chi connectivity index (χ3v) is 16.4. The van der Waals surface area contributed by atoms with Crippen LogP contribution >= 0.6 is 22.9 Å². The first kappa shape index (κ1) is 55.3. The summed E-state index contributed by atoms with van der Waals surface area (Å²) in [6.07, 6.45) is 0.705. The van der Waals surface area contributed by atoms with E-state index >= 15 is 13.2 Å². The Morgan fingerprint density at radius 2 is 1.75 bits per heavy atom. The number of nitrogens with zero attached hydrogens (tertiary/aromatic N) is 7. The highest BCUT2D eigenvalue weighted by Gasteiger charge is 2.48. The molecule has 9 rings (SSSR count). The number of methoxy groups -OCH3 is 1. The predicted octanol–water partition coefficient (Wildman–Crippen LogP) is 6.56. The first-order chi connectivity index (χ1) is 36.0. The van der Waals surface area contributed by atoms with Crippen molar-refractivity contribution in [1.29, 1.82) is 0 Å². The molecule has 6 bridgehead atoms. The van der Waals surface area contributed by atoms with E-state index in [4.69, 9.17) is 35.8 Å². The van der Waals surface area contributed by atoms with Crippen LogP contribution in [0, 0.1) is 11.3 Å². The monoisotopic (exact) mass is 1100 g/mol. The summed E-state index contributed by atoms with van der Waals surface area (Å²) >= 11 is 6.56. The van der Waals surface area contributed by atoms with E-state index in [0.29, 0.717) is 89.9 Å². The second kappa shape index (κ2) is 21.8. The van der Waals surface area contributed by atoms with E-state index in [-0.39, 0.29) is 32.7 Å². The Morgan fingerprint density at radius 1 is 1.03 bits per heavy atom. The molecule has 0 spiro atoms. The Balaban J connectivity index is 1.12. The standard InChI is InChI=1S/C53H66ClF4N9O8S/c1-29(2)42(63(6)50(72)52(56)10-13-65(14-11-52)48(70)45(54)55)46(68)61-38-22-40-60-39(26-76-40)31-19-32-23-53(57,58)27-66-43(32)34(20-31)36(24-51(4,5)28-75-49(71)37-9-8-12-67(62-37)47(38)69)44(66)35-21-33(64-15-17-74-18-16-64)25-59-41(35)30(3)73-7/h19-21,25-26,29-30,37-38,42,45,62H,8-18,22-24,27-28H2,1-7H3,(H,61,68)/t30-,37-,38-,42-,45-/m0/s1. The molecule has 76 heavy (non-hydrogen) atoms. The number of hydrogen-bond acceptors (Lipinski definition) is 13. The van der Waals surface area contributed by atoms with Crippen molar-refractivity contribution in [3.63, 3.8) is 0 Å². The fourth-order valence-electron chi connectivity index (χ4n) is 11.4. The number of likely N-dealkylation sites (N-methyl/N-ethyl adjacent to an activating group) is 1. The van der Waals surface area contributed by atoms with Crippen molar-refractivity contribution >= 4 is 69.1 Å². The minimum absolute atomic E-state index is 0.0703. The second-order valence-corrected chi connectivity index (χ2v) is 23.3. The number of cyclic esters (lactones) is 1. The zero-order chi connectivity index (χ0) is 54.6. The number of carbonyl (C=O) groups is 5. The number of amides is 4. The highest BCUT2D eigenvalue weighted by atomic mass is 35.5.